The molecular weight excluding hydrogens is 334 g/mol. The fourth-order valence-electron chi connectivity index (χ4n) is 3.63. The van der Waals surface area contributed by atoms with Crippen molar-refractivity contribution >= 4 is 17.5 Å². The molecule has 0 N–H and O–H groups in total. The Bertz CT molecular complexity index is 799. The van der Waals surface area contributed by atoms with Crippen LogP contribution in [-0.2, 0) is 9.59 Å². The van der Waals surface area contributed by atoms with Crippen LogP contribution in [0.4, 0.5) is 5.69 Å². The number of piperidine rings is 1. The molecule has 26 heavy (non-hydrogen) atoms. The molecule has 1 aromatic heterocycles. The highest BCUT2D eigenvalue weighted by Crippen LogP contribution is 2.34. The average molecular weight is 355 g/mol. The van der Waals surface area contributed by atoms with Crippen molar-refractivity contribution in [2.75, 3.05) is 24.5 Å². The summed E-state index contributed by atoms with van der Waals surface area (Å²) in [5.74, 6) is 0.413. The molecule has 1 aromatic carbocycles. The molecule has 1 fully saturated rings. The lowest BCUT2D eigenvalue weighted by atomic mass is 10.0. The summed E-state index contributed by atoms with van der Waals surface area (Å²) in [6.45, 7) is 3.04. The first-order chi connectivity index (χ1) is 12.6. The van der Waals surface area contributed by atoms with Gasteiger partial charge in [-0.15, -0.1) is 5.10 Å². The lowest BCUT2D eigenvalue weighted by molar-refractivity contribution is -0.140. The van der Waals surface area contributed by atoms with Gasteiger partial charge in [0.2, 0.25) is 5.91 Å². The van der Waals surface area contributed by atoms with Crippen molar-refractivity contribution in [1.82, 2.24) is 19.9 Å². The number of carbonyl (C=O) groups is 2. The fraction of sp³-hybridized carbons (Fsp3) is 0.444. The average Bonchev–Trinajstić information content (AvgIpc) is 3.21. The van der Waals surface area contributed by atoms with Crippen molar-refractivity contribution in [1.29, 1.82) is 0 Å². The van der Waals surface area contributed by atoms with Crippen molar-refractivity contribution in [2.45, 2.75) is 31.9 Å². The molecule has 0 aliphatic carbocycles. The number of fused-ring (bicyclic) bond motifs is 1. The van der Waals surface area contributed by atoms with Crippen molar-refractivity contribution in [2.24, 2.45) is 0 Å². The minimum absolute atomic E-state index is 0.0669. The van der Waals surface area contributed by atoms with Gasteiger partial charge in [-0.1, -0.05) is 17.3 Å². The molecule has 1 saturated heterocycles. The molecule has 2 aliphatic heterocycles. The molecule has 2 aliphatic rings. The van der Waals surface area contributed by atoms with E-state index in [-0.39, 0.29) is 24.4 Å². The maximum Gasteiger partial charge on any atom is 0.265 e. The van der Waals surface area contributed by atoms with Gasteiger partial charge in [-0.3, -0.25) is 9.59 Å². The number of hydrogen-bond donors (Lipinski definition) is 0. The molecule has 2 amide bonds. The van der Waals surface area contributed by atoms with Crippen molar-refractivity contribution in [3.05, 3.63) is 36.7 Å². The molecule has 8 heteroatoms. The van der Waals surface area contributed by atoms with Crippen LogP contribution in [0, 0.1) is 0 Å². The largest absolute Gasteiger partial charge is 0.476 e. The van der Waals surface area contributed by atoms with Gasteiger partial charge in [-0.25, -0.2) is 4.68 Å². The monoisotopic (exact) mass is 355 g/mol. The summed E-state index contributed by atoms with van der Waals surface area (Å²) in [5.41, 5.74) is 0.717. The van der Waals surface area contributed by atoms with Crippen LogP contribution < -0.4 is 9.64 Å². The third-order valence-corrected chi connectivity index (χ3v) is 5.02. The molecule has 8 nitrogen and oxygen atoms in total. The van der Waals surface area contributed by atoms with Crippen molar-refractivity contribution < 1.29 is 14.3 Å². The summed E-state index contributed by atoms with van der Waals surface area (Å²) in [6.07, 6.45) is 4.51. The molecule has 1 atom stereocenters. The van der Waals surface area contributed by atoms with Crippen LogP contribution in [0.2, 0.25) is 0 Å². The lowest BCUT2D eigenvalue weighted by Crippen LogP contribution is -2.53. The van der Waals surface area contributed by atoms with Gasteiger partial charge in [0.05, 0.1) is 24.5 Å². The van der Waals surface area contributed by atoms with Crippen LogP contribution in [0.15, 0.2) is 36.7 Å². The van der Waals surface area contributed by atoms with Gasteiger partial charge in [0.25, 0.3) is 5.91 Å². The highest BCUT2D eigenvalue weighted by Gasteiger charge is 2.36. The third-order valence-electron chi connectivity index (χ3n) is 5.02. The van der Waals surface area contributed by atoms with Crippen LogP contribution in [0.25, 0.3) is 0 Å². The van der Waals surface area contributed by atoms with E-state index < -0.39 is 6.10 Å². The van der Waals surface area contributed by atoms with E-state index in [0.29, 0.717) is 24.5 Å². The zero-order valence-corrected chi connectivity index (χ0v) is 14.6. The van der Waals surface area contributed by atoms with Crippen LogP contribution in [0.5, 0.6) is 5.75 Å². The predicted octanol–water partition coefficient (Wildman–Crippen LogP) is 1.26. The minimum Gasteiger partial charge on any atom is -0.476 e. The fourth-order valence-corrected chi connectivity index (χ4v) is 3.63. The number of ether oxygens (including phenoxy) is 1. The Morgan fingerprint density at radius 3 is 2.65 bits per heavy atom. The van der Waals surface area contributed by atoms with E-state index in [2.05, 4.69) is 10.3 Å². The Hall–Kier alpha value is -2.90. The summed E-state index contributed by atoms with van der Waals surface area (Å²) in [7, 11) is 0. The molecule has 0 radical (unpaired) electrons. The van der Waals surface area contributed by atoms with Gasteiger partial charge in [0, 0.05) is 26.2 Å². The second kappa shape index (κ2) is 6.78. The maximum atomic E-state index is 13.0. The summed E-state index contributed by atoms with van der Waals surface area (Å²) in [5, 5.41) is 7.89. The number of aromatic nitrogens is 3. The number of likely N-dealkylation sites (tertiary alicyclic amines) is 1. The number of hydrogen-bond acceptors (Lipinski definition) is 5. The van der Waals surface area contributed by atoms with Crippen LogP contribution in [-0.4, -0.2) is 57.4 Å². The Kier molecular flexibility index (Phi) is 4.32. The van der Waals surface area contributed by atoms with E-state index >= 15 is 0 Å². The summed E-state index contributed by atoms with van der Waals surface area (Å²) in [4.78, 5) is 28.4. The Balaban J connectivity index is 1.45. The zero-order valence-electron chi connectivity index (χ0n) is 14.6. The van der Waals surface area contributed by atoms with Crippen LogP contribution in [0.1, 0.15) is 25.8 Å². The number of amides is 2. The van der Waals surface area contributed by atoms with Crippen LogP contribution in [0.3, 0.4) is 0 Å². The molecular formula is C18H21N5O3. The highest BCUT2D eigenvalue weighted by molar-refractivity contribution is 5.95. The molecule has 0 saturated carbocycles. The second-order valence-electron chi connectivity index (χ2n) is 6.64. The number of anilines is 1. The SMILES string of the molecule is CC(=O)N1CC(C(=O)N2CCC(n3ccnn3)CC2)Oc2ccccc21. The number of rotatable bonds is 2. The van der Waals surface area contributed by atoms with E-state index in [1.165, 1.54) is 6.92 Å². The van der Waals surface area contributed by atoms with Gasteiger partial charge in [-0.2, -0.15) is 0 Å². The smallest absolute Gasteiger partial charge is 0.265 e. The Morgan fingerprint density at radius 1 is 1.19 bits per heavy atom. The topological polar surface area (TPSA) is 80.6 Å². The number of para-hydroxylation sites is 2. The Morgan fingerprint density at radius 2 is 1.96 bits per heavy atom. The first-order valence-corrected chi connectivity index (χ1v) is 8.82. The van der Waals surface area contributed by atoms with Gasteiger partial charge >= 0.3 is 0 Å². The van der Waals surface area contributed by atoms with Gasteiger partial charge in [0.1, 0.15) is 5.75 Å². The van der Waals surface area contributed by atoms with E-state index in [1.807, 2.05) is 34.0 Å². The van der Waals surface area contributed by atoms with E-state index in [0.717, 1.165) is 12.8 Å². The summed E-state index contributed by atoms with van der Waals surface area (Å²) < 4.78 is 7.77. The summed E-state index contributed by atoms with van der Waals surface area (Å²) in [6, 6.07) is 7.59. The first-order valence-electron chi connectivity index (χ1n) is 8.82. The van der Waals surface area contributed by atoms with Crippen molar-refractivity contribution in [3.63, 3.8) is 0 Å². The maximum absolute atomic E-state index is 13.0. The standard InChI is InChI=1S/C18H21N5O3/c1-13(24)22-12-17(26-16-5-3-2-4-15(16)22)18(25)21-9-6-14(7-10-21)23-11-8-19-20-23/h2-5,8,11,14,17H,6-7,9-10,12H2,1H3. The molecule has 136 valence electrons. The highest BCUT2D eigenvalue weighted by atomic mass is 16.5. The number of nitrogens with zero attached hydrogens (tertiary/aromatic N) is 5. The van der Waals surface area contributed by atoms with Gasteiger partial charge in [-0.05, 0) is 25.0 Å². The molecule has 3 heterocycles. The van der Waals surface area contributed by atoms with E-state index in [9.17, 15) is 9.59 Å². The van der Waals surface area contributed by atoms with Gasteiger partial charge < -0.3 is 14.5 Å². The third kappa shape index (κ3) is 3.02. The quantitative estimate of drug-likeness (QED) is 0.810. The molecule has 0 spiro atoms. The molecule has 0 bridgehead atoms. The Labute approximate surface area is 151 Å². The van der Waals surface area contributed by atoms with Gasteiger partial charge in [0.15, 0.2) is 6.10 Å². The zero-order chi connectivity index (χ0) is 18.1. The first kappa shape index (κ1) is 16.6. The van der Waals surface area contributed by atoms with Crippen molar-refractivity contribution in [3.8, 4) is 5.75 Å². The predicted molar refractivity (Wildman–Crippen MR) is 93.8 cm³/mol. The number of carbonyl (C=O) groups excluding carboxylic acids is 2. The lowest BCUT2D eigenvalue weighted by Gasteiger charge is -2.38. The summed E-state index contributed by atoms with van der Waals surface area (Å²) >= 11 is 0. The minimum atomic E-state index is -0.670. The molecule has 4 rings (SSSR count). The molecule has 2 aromatic rings. The number of benzene rings is 1. The molecule has 1 unspecified atom stereocenters. The van der Waals surface area contributed by atoms with E-state index in [4.69, 9.17) is 4.74 Å². The second-order valence-corrected chi connectivity index (χ2v) is 6.64. The normalized spacial score (nSPS) is 20.4. The van der Waals surface area contributed by atoms with E-state index in [1.54, 1.807) is 17.2 Å². The van der Waals surface area contributed by atoms with Crippen LogP contribution >= 0.6 is 0 Å².